The Balaban J connectivity index is 1.01. The Morgan fingerprint density at radius 2 is 0.865 bits per heavy atom. The van der Waals surface area contributed by atoms with E-state index < -0.39 is 5.41 Å². The fourth-order valence-electron chi connectivity index (χ4n) is 13.4. The summed E-state index contributed by atoms with van der Waals surface area (Å²) in [6, 6.07) is 85.7. The van der Waals surface area contributed by atoms with Crippen LogP contribution >= 0.6 is 0 Å². The van der Waals surface area contributed by atoms with E-state index in [2.05, 4.69) is 249 Å². The zero-order valence-electron chi connectivity index (χ0n) is 40.7. The Morgan fingerprint density at radius 3 is 1.61 bits per heavy atom. The van der Waals surface area contributed by atoms with Gasteiger partial charge in [0.2, 0.25) is 0 Å². The van der Waals surface area contributed by atoms with Crippen LogP contribution in [0.5, 0.6) is 0 Å². The third-order valence-electron chi connectivity index (χ3n) is 16.6. The molecule has 0 bridgehead atoms. The number of furan rings is 3. The van der Waals surface area contributed by atoms with E-state index >= 15 is 0 Å². The minimum Gasteiger partial charge on any atom is -0.456 e. The van der Waals surface area contributed by atoms with Gasteiger partial charge in [-0.3, -0.25) is 0 Å². The molecule has 0 spiro atoms. The Labute approximate surface area is 427 Å². The highest BCUT2D eigenvalue weighted by atomic mass is 16.3. The Morgan fingerprint density at radius 1 is 0.324 bits per heavy atom. The van der Waals surface area contributed by atoms with Crippen LogP contribution in [0.1, 0.15) is 47.2 Å². The molecule has 3 heterocycles. The maximum Gasteiger partial charge on any atom is 0.159 e. The van der Waals surface area contributed by atoms with Crippen molar-refractivity contribution in [1.29, 1.82) is 0 Å². The SMILES string of the molecule is CC1(C)c2ccccc2-c2ccc(N(c3cccc4c3oc3ccccc34)c3cccc4c3oc3c(-c5cccc6c5-c5ccccc5C6(c5ccccc5)c5ccccc5)c5c(cc34)oc3ccccc35)cc21. The summed E-state index contributed by atoms with van der Waals surface area (Å²) in [5, 5.41) is 6.19. The van der Waals surface area contributed by atoms with Crippen LogP contribution in [0.3, 0.4) is 0 Å². The molecule has 0 N–H and O–H groups in total. The van der Waals surface area contributed by atoms with Gasteiger partial charge in [0.25, 0.3) is 0 Å². The minimum absolute atomic E-state index is 0.219. The van der Waals surface area contributed by atoms with Crippen LogP contribution in [0.15, 0.2) is 250 Å². The zero-order chi connectivity index (χ0) is 48.9. The van der Waals surface area contributed by atoms with Crippen LogP contribution in [0.25, 0.3) is 99.2 Å². The van der Waals surface area contributed by atoms with Gasteiger partial charge < -0.3 is 18.2 Å². The van der Waals surface area contributed by atoms with Crippen LogP contribution in [0.4, 0.5) is 17.1 Å². The number of fused-ring (bicyclic) bond motifs is 15. The molecule has 0 saturated heterocycles. The highest BCUT2D eigenvalue weighted by molar-refractivity contribution is 6.26. The third-order valence-corrected chi connectivity index (χ3v) is 16.6. The molecule has 0 radical (unpaired) electrons. The van der Waals surface area contributed by atoms with Gasteiger partial charge >= 0.3 is 0 Å². The molecule has 2 aliphatic rings. The average Bonchev–Trinajstić information content (AvgIpc) is 4.26. The van der Waals surface area contributed by atoms with Crippen molar-refractivity contribution in [2.75, 3.05) is 4.90 Å². The molecule has 348 valence electrons. The van der Waals surface area contributed by atoms with Crippen LogP contribution < -0.4 is 4.90 Å². The lowest BCUT2D eigenvalue weighted by atomic mass is 9.67. The number of nitrogens with zero attached hydrogens (tertiary/aromatic N) is 1. The lowest BCUT2D eigenvalue weighted by Crippen LogP contribution is -2.28. The number of hydrogen-bond acceptors (Lipinski definition) is 4. The molecule has 2 aliphatic carbocycles. The van der Waals surface area contributed by atoms with Gasteiger partial charge in [0, 0.05) is 49.0 Å². The maximum atomic E-state index is 7.73. The molecule has 0 aliphatic heterocycles. The molecule has 4 heteroatoms. The molecule has 16 rings (SSSR count). The zero-order valence-corrected chi connectivity index (χ0v) is 40.7. The lowest BCUT2D eigenvalue weighted by molar-refractivity contribution is 0.660. The highest BCUT2D eigenvalue weighted by Crippen LogP contribution is 2.60. The van der Waals surface area contributed by atoms with E-state index in [0.29, 0.717) is 0 Å². The largest absolute Gasteiger partial charge is 0.456 e. The predicted molar refractivity (Wildman–Crippen MR) is 303 cm³/mol. The third kappa shape index (κ3) is 5.41. The Bertz CT molecular complexity index is 4610. The predicted octanol–water partition coefficient (Wildman–Crippen LogP) is 19.2. The van der Waals surface area contributed by atoms with Crippen molar-refractivity contribution in [3.63, 3.8) is 0 Å². The van der Waals surface area contributed by atoms with Gasteiger partial charge in [0.05, 0.1) is 16.8 Å². The van der Waals surface area contributed by atoms with Crippen molar-refractivity contribution in [1.82, 2.24) is 0 Å². The second-order valence-corrected chi connectivity index (χ2v) is 20.6. The first-order valence-corrected chi connectivity index (χ1v) is 25.6. The van der Waals surface area contributed by atoms with Crippen LogP contribution in [-0.2, 0) is 10.8 Å². The molecule has 11 aromatic carbocycles. The summed E-state index contributed by atoms with van der Waals surface area (Å²) in [5.41, 5.74) is 21.5. The van der Waals surface area contributed by atoms with Gasteiger partial charge in [-0.2, -0.15) is 0 Å². The van der Waals surface area contributed by atoms with E-state index in [0.717, 1.165) is 94.0 Å². The van der Waals surface area contributed by atoms with E-state index in [-0.39, 0.29) is 5.41 Å². The van der Waals surface area contributed by atoms with Crippen LogP contribution in [0.2, 0.25) is 0 Å². The van der Waals surface area contributed by atoms with Gasteiger partial charge in [-0.1, -0.05) is 208 Å². The fourth-order valence-corrected chi connectivity index (χ4v) is 13.4. The summed E-state index contributed by atoms with van der Waals surface area (Å²) in [6.07, 6.45) is 0. The first-order valence-electron chi connectivity index (χ1n) is 25.6. The Kier molecular flexibility index (Phi) is 8.41. The van der Waals surface area contributed by atoms with Crippen molar-refractivity contribution >= 4 is 82.9 Å². The lowest BCUT2D eigenvalue weighted by Gasteiger charge is -2.34. The van der Waals surface area contributed by atoms with Gasteiger partial charge in [-0.15, -0.1) is 0 Å². The molecule has 4 nitrogen and oxygen atoms in total. The van der Waals surface area contributed by atoms with Gasteiger partial charge in [0.1, 0.15) is 22.3 Å². The van der Waals surface area contributed by atoms with Crippen molar-refractivity contribution in [3.8, 4) is 33.4 Å². The van der Waals surface area contributed by atoms with Crippen molar-refractivity contribution in [2.45, 2.75) is 24.7 Å². The number of para-hydroxylation sites is 4. The van der Waals surface area contributed by atoms with Crippen LogP contribution in [0, 0.1) is 0 Å². The smallest absolute Gasteiger partial charge is 0.159 e. The van der Waals surface area contributed by atoms with Gasteiger partial charge in [0.15, 0.2) is 11.2 Å². The van der Waals surface area contributed by atoms with E-state index in [1.807, 2.05) is 6.07 Å². The van der Waals surface area contributed by atoms with Gasteiger partial charge in [-0.25, -0.2) is 0 Å². The topological polar surface area (TPSA) is 42.7 Å². The number of benzene rings is 11. The summed E-state index contributed by atoms with van der Waals surface area (Å²) in [5.74, 6) is 0. The van der Waals surface area contributed by atoms with E-state index in [1.54, 1.807) is 0 Å². The molecule has 0 fully saturated rings. The minimum atomic E-state index is -0.582. The van der Waals surface area contributed by atoms with Crippen LogP contribution in [-0.4, -0.2) is 0 Å². The molecule has 0 unspecified atom stereocenters. The summed E-state index contributed by atoms with van der Waals surface area (Å²) in [7, 11) is 0. The number of hydrogen-bond donors (Lipinski definition) is 0. The summed E-state index contributed by atoms with van der Waals surface area (Å²) in [4.78, 5) is 2.36. The molecular weight excluding hydrogens is 903 g/mol. The van der Waals surface area contributed by atoms with Crippen molar-refractivity contribution in [3.05, 3.63) is 270 Å². The molecule has 14 aromatic rings. The number of anilines is 3. The monoisotopic (exact) mass is 947 g/mol. The highest BCUT2D eigenvalue weighted by Gasteiger charge is 2.47. The molecular formula is C70H45NO3. The standard InChI is InChI=1S/C70H45NO3/c1-69(2)54-31-13-9-24-45(54)46-39-38-44(40-57(46)69)71(58-34-18-28-48-47-25-11-15-36-60(47)73-66(48)58)59-35-19-29-49-53-41-62-64(51-27-12-16-37-61(51)72-62)65(68(53)74-67(49)59)52-30-17-33-56-63(52)50-26-10-14-32-55(50)70(56,42-20-5-3-6-21-42)43-22-7-4-8-23-43/h3-41H,1-2H3. The summed E-state index contributed by atoms with van der Waals surface area (Å²) >= 11 is 0. The number of rotatable bonds is 6. The van der Waals surface area contributed by atoms with E-state index in [4.69, 9.17) is 13.3 Å². The average molecular weight is 948 g/mol. The molecule has 0 atom stereocenters. The fraction of sp³-hybridized carbons (Fsp3) is 0.0571. The molecule has 74 heavy (non-hydrogen) atoms. The first kappa shape index (κ1) is 41.3. The molecule has 0 amide bonds. The van der Waals surface area contributed by atoms with Gasteiger partial charge in [-0.05, 0) is 104 Å². The molecule has 3 aromatic heterocycles. The second-order valence-electron chi connectivity index (χ2n) is 20.6. The summed E-state index contributed by atoms with van der Waals surface area (Å²) < 4.78 is 21.5. The maximum absolute atomic E-state index is 7.73. The Hall–Kier alpha value is -9.38. The molecule has 0 saturated carbocycles. The van der Waals surface area contributed by atoms with E-state index in [1.165, 1.54) is 55.6 Å². The first-order chi connectivity index (χ1) is 36.5. The summed E-state index contributed by atoms with van der Waals surface area (Å²) in [6.45, 7) is 4.68. The normalized spacial score (nSPS) is 14.0. The quantitative estimate of drug-likeness (QED) is 0.167. The van der Waals surface area contributed by atoms with Crippen molar-refractivity contribution < 1.29 is 13.3 Å². The van der Waals surface area contributed by atoms with Crippen molar-refractivity contribution in [2.24, 2.45) is 0 Å². The second kappa shape index (κ2) is 15.1. The van der Waals surface area contributed by atoms with E-state index in [9.17, 15) is 0 Å².